The molecule has 0 radical (unpaired) electrons. The van der Waals surface area contributed by atoms with Crippen LogP contribution in [0.15, 0.2) is 46.9 Å². The number of hydrogen-bond donors (Lipinski definition) is 1. The molecule has 0 saturated heterocycles. The molecule has 0 aliphatic rings. The standard InChI is InChI=1S/C19H18N2O/c1-11-7-6-8-12(2)16(11)21-15-10-5-4-9-14(15)18-17(21)13(3)19(20)22-18/h4-10H,20H2,1-3H3. The van der Waals surface area contributed by atoms with Gasteiger partial charge in [-0.05, 0) is 44.0 Å². The molecular weight excluding hydrogens is 272 g/mol. The van der Waals surface area contributed by atoms with Crippen molar-refractivity contribution in [3.8, 4) is 5.69 Å². The molecule has 0 saturated carbocycles. The van der Waals surface area contributed by atoms with E-state index in [1.54, 1.807) is 0 Å². The zero-order valence-corrected chi connectivity index (χ0v) is 13.0. The number of furan rings is 1. The molecule has 0 spiro atoms. The van der Waals surface area contributed by atoms with Crippen LogP contribution < -0.4 is 5.73 Å². The van der Waals surface area contributed by atoms with Crippen LogP contribution in [0, 0.1) is 20.8 Å². The molecule has 2 aromatic carbocycles. The van der Waals surface area contributed by atoms with Crippen LogP contribution in [0.25, 0.3) is 27.7 Å². The fourth-order valence-corrected chi connectivity index (χ4v) is 3.35. The van der Waals surface area contributed by atoms with Gasteiger partial charge >= 0.3 is 0 Å². The Morgan fingerprint density at radius 3 is 2.32 bits per heavy atom. The van der Waals surface area contributed by atoms with Crippen molar-refractivity contribution in [3.63, 3.8) is 0 Å². The molecule has 0 aliphatic carbocycles. The van der Waals surface area contributed by atoms with Crippen LogP contribution in [0.4, 0.5) is 5.88 Å². The Hall–Kier alpha value is -2.68. The normalized spacial score (nSPS) is 11.6. The average Bonchev–Trinajstić information content (AvgIpc) is 2.96. The quantitative estimate of drug-likeness (QED) is 0.542. The van der Waals surface area contributed by atoms with Crippen molar-refractivity contribution in [1.82, 2.24) is 4.57 Å². The van der Waals surface area contributed by atoms with Crippen molar-refractivity contribution >= 4 is 27.9 Å². The summed E-state index contributed by atoms with van der Waals surface area (Å²) in [4.78, 5) is 0. The Kier molecular flexibility index (Phi) is 2.61. The lowest BCUT2D eigenvalue weighted by Crippen LogP contribution is -2.00. The maximum absolute atomic E-state index is 6.03. The first-order valence-electron chi connectivity index (χ1n) is 7.44. The van der Waals surface area contributed by atoms with Crippen LogP contribution in [0.1, 0.15) is 16.7 Å². The summed E-state index contributed by atoms with van der Waals surface area (Å²) in [5, 5.41) is 1.10. The first-order chi connectivity index (χ1) is 10.6. The fourth-order valence-electron chi connectivity index (χ4n) is 3.35. The second kappa shape index (κ2) is 4.41. The molecule has 4 rings (SSSR count). The van der Waals surface area contributed by atoms with Gasteiger partial charge in [-0.2, -0.15) is 0 Å². The van der Waals surface area contributed by atoms with Crippen molar-refractivity contribution in [2.75, 3.05) is 5.73 Å². The Labute approximate surface area is 129 Å². The number of nitrogens with two attached hydrogens (primary N) is 1. The highest BCUT2D eigenvalue weighted by molar-refractivity contribution is 6.08. The van der Waals surface area contributed by atoms with E-state index in [9.17, 15) is 0 Å². The molecule has 2 N–H and O–H groups in total. The molecule has 3 nitrogen and oxygen atoms in total. The molecule has 2 aromatic heterocycles. The highest BCUT2D eigenvalue weighted by Gasteiger charge is 2.21. The van der Waals surface area contributed by atoms with Gasteiger partial charge in [0.25, 0.3) is 0 Å². The second-order valence-corrected chi connectivity index (χ2v) is 5.86. The number of benzene rings is 2. The molecule has 0 aliphatic heterocycles. The van der Waals surface area contributed by atoms with Crippen molar-refractivity contribution in [3.05, 3.63) is 59.2 Å². The van der Waals surface area contributed by atoms with Gasteiger partial charge < -0.3 is 14.7 Å². The monoisotopic (exact) mass is 290 g/mol. The van der Waals surface area contributed by atoms with E-state index in [0.717, 1.165) is 27.6 Å². The van der Waals surface area contributed by atoms with Crippen molar-refractivity contribution in [1.29, 1.82) is 0 Å². The van der Waals surface area contributed by atoms with E-state index in [-0.39, 0.29) is 0 Å². The number of nitrogen functional groups attached to an aromatic ring is 1. The van der Waals surface area contributed by atoms with Crippen molar-refractivity contribution in [2.24, 2.45) is 0 Å². The minimum atomic E-state index is 0.496. The Morgan fingerprint density at radius 2 is 1.59 bits per heavy atom. The van der Waals surface area contributed by atoms with E-state index in [4.69, 9.17) is 10.2 Å². The van der Waals surface area contributed by atoms with Crippen LogP contribution in [0.2, 0.25) is 0 Å². The van der Waals surface area contributed by atoms with Gasteiger partial charge in [0.2, 0.25) is 0 Å². The van der Waals surface area contributed by atoms with E-state index in [1.165, 1.54) is 16.8 Å². The zero-order chi connectivity index (χ0) is 15.4. The Morgan fingerprint density at radius 1 is 0.909 bits per heavy atom. The molecule has 22 heavy (non-hydrogen) atoms. The van der Waals surface area contributed by atoms with Gasteiger partial charge in [-0.1, -0.05) is 30.3 Å². The largest absolute Gasteiger partial charge is 0.438 e. The van der Waals surface area contributed by atoms with E-state index in [0.29, 0.717) is 5.88 Å². The molecule has 4 aromatic rings. The molecule has 0 fully saturated rings. The first kappa shape index (κ1) is 13.0. The van der Waals surface area contributed by atoms with Gasteiger partial charge in [0, 0.05) is 10.9 Å². The third kappa shape index (κ3) is 1.56. The summed E-state index contributed by atoms with van der Waals surface area (Å²) in [5.41, 5.74) is 13.8. The molecule has 3 heteroatoms. The predicted molar refractivity (Wildman–Crippen MR) is 91.7 cm³/mol. The summed E-state index contributed by atoms with van der Waals surface area (Å²) in [7, 11) is 0. The lowest BCUT2D eigenvalue weighted by atomic mass is 10.1. The number of para-hydroxylation sites is 2. The third-order valence-corrected chi connectivity index (χ3v) is 4.43. The smallest absolute Gasteiger partial charge is 0.196 e. The maximum Gasteiger partial charge on any atom is 0.196 e. The Balaban J connectivity index is 2.29. The van der Waals surface area contributed by atoms with Crippen molar-refractivity contribution < 1.29 is 4.42 Å². The third-order valence-electron chi connectivity index (χ3n) is 4.43. The van der Waals surface area contributed by atoms with Crippen LogP contribution in [0.5, 0.6) is 0 Å². The van der Waals surface area contributed by atoms with Crippen LogP contribution >= 0.6 is 0 Å². The van der Waals surface area contributed by atoms with Crippen molar-refractivity contribution in [2.45, 2.75) is 20.8 Å². The summed E-state index contributed by atoms with van der Waals surface area (Å²) in [6.45, 7) is 6.30. The number of hydrogen-bond acceptors (Lipinski definition) is 2. The molecular formula is C19H18N2O. The number of fused-ring (bicyclic) bond motifs is 3. The highest BCUT2D eigenvalue weighted by Crippen LogP contribution is 2.39. The fraction of sp³-hybridized carbons (Fsp3) is 0.158. The second-order valence-electron chi connectivity index (χ2n) is 5.86. The highest BCUT2D eigenvalue weighted by atomic mass is 16.3. The van der Waals surface area contributed by atoms with Crippen LogP contribution in [-0.4, -0.2) is 4.57 Å². The van der Waals surface area contributed by atoms with E-state index in [2.05, 4.69) is 54.8 Å². The number of aryl methyl sites for hydroxylation is 3. The number of nitrogens with zero attached hydrogens (tertiary/aromatic N) is 1. The summed E-state index contributed by atoms with van der Waals surface area (Å²) in [6.07, 6.45) is 0. The number of anilines is 1. The minimum Gasteiger partial charge on any atom is -0.438 e. The van der Waals surface area contributed by atoms with Gasteiger partial charge in [0.1, 0.15) is 0 Å². The average molecular weight is 290 g/mol. The molecule has 2 heterocycles. The molecule has 0 amide bonds. The Bertz CT molecular complexity index is 1000. The topological polar surface area (TPSA) is 44.1 Å². The summed E-state index contributed by atoms with van der Waals surface area (Å²) >= 11 is 0. The van der Waals surface area contributed by atoms with E-state index >= 15 is 0 Å². The van der Waals surface area contributed by atoms with Gasteiger partial charge in [-0.15, -0.1) is 0 Å². The van der Waals surface area contributed by atoms with E-state index in [1.807, 2.05) is 13.0 Å². The minimum absolute atomic E-state index is 0.496. The molecule has 0 unspecified atom stereocenters. The van der Waals surface area contributed by atoms with Crippen LogP contribution in [0.3, 0.4) is 0 Å². The zero-order valence-electron chi connectivity index (χ0n) is 13.0. The summed E-state index contributed by atoms with van der Waals surface area (Å²) in [6, 6.07) is 14.7. The maximum atomic E-state index is 6.03. The SMILES string of the molecule is Cc1cccc(C)c1-n1c2ccccc2c2oc(N)c(C)c21. The van der Waals surface area contributed by atoms with E-state index < -0.39 is 0 Å². The molecule has 0 atom stereocenters. The summed E-state index contributed by atoms with van der Waals surface area (Å²) in [5.74, 6) is 0.496. The van der Waals surface area contributed by atoms with Gasteiger partial charge in [-0.3, -0.25) is 0 Å². The number of rotatable bonds is 1. The number of aromatic nitrogens is 1. The molecule has 110 valence electrons. The lowest BCUT2D eigenvalue weighted by molar-refractivity contribution is 0.638. The summed E-state index contributed by atoms with van der Waals surface area (Å²) < 4.78 is 8.13. The first-order valence-corrected chi connectivity index (χ1v) is 7.44. The van der Waals surface area contributed by atoms with Gasteiger partial charge in [0.15, 0.2) is 11.5 Å². The van der Waals surface area contributed by atoms with Gasteiger partial charge in [0.05, 0.1) is 16.7 Å². The molecule has 0 bridgehead atoms. The van der Waals surface area contributed by atoms with Gasteiger partial charge in [-0.25, -0.2) is 0 Å². The van der Waals surface area contributed by atoms with Crippen LogP contribution in [-0.2, 0) is 0 Å². The lowest BCUT2D eigenvalue weighted by Gasteiger charge is -2.14. The predicted octanol–water partition coefficient (Wildman–Crippen LogP) is 4.88.